The highest BCUT2D eigenvalue weighted by atomic mass is 32.1. The molecule has 0 aliphatic rings. The van der Waals surface area contributed by atoms with Crippen molar-refractivity contribution in [2.75, 3.05) is 6.54 Å². The first-order valence-corrected chi connectivity index (χ1v) is 7.87. The van der Waals surface area contributed by atoms with Crippen LogP contribution in [0.5, 0.6) is 0 Å². The van der Waals surface area contributed by atoms with Crippen LogP contribution in [0, 0.1) is 5.92 Å². The van der Waals surface area contributed by atoms with Crippen LogP contribution in [0.25, 0.3) is 0 Å². The largest absolute Gasteiger partial charge is 0.434 e. The molecule has 1 atom stereocenters. The van der Waals surface area contributed by atoms with Gasteiger partial charge in [0.25, 0.3) is 0 Å². The molecule has 0 spiro atoms. The quantitative estimate of drug-likeness (QED) is 0.715. The van der Waals surface area contributed by atoms with Crippen LogP contribution in [0.15, 0.2) is 5.38 Å². The summed E-state index contributed by atoms with van der Waals surface area (Å²) in [6.07, 6.45) is -3.51. The molecule has 1 aromatic heterocycles. The van der Waals surface area contributed by atoms with Crippen LogP contribution in [-0.4, -0.2) is 28.8 Å². The van der Waals surface area contributed by atoms with Gasteiger partial charge < -0.3 is 15.7 Å². The number of urea groups is 1. The zero-order chi connectivity index (χ0) is 16.8. The average molecular weight is 339 g/mol. The Balaban J connectivity index is 2.36. The summed E-state index contributed by atoms with van der Waals surface area (Å²) in [6.45, 7) is 3.92. The zero-order valence-corrected chi connectivity index (χ0v) is 13.2. The van der Waals surface area contributed by atoms with E-state index in [1.54, 1.807) is 0 Å². The Morgan fingerprint density at radius 2 is 2.00 bits per heavy atom. The lowest BCUT2D eigenvalue weighted by atomic mass is 9.97. The molecule has 22 heavy (non-hydrogen) atoms. The van der Waals surface area contributed by atoms with E-state index < -0.39 is 24.0 Å². The van der Waals surface area contributed by atoms with Crippen LogP contribution in [0.1, 0.15) is 37.4 Å². The van der Waals surface area contributed by atoms with Crippen LogP contribution < -0.4 is 10.6 Å². The molecule has 3 N–H and O–H groups in total. The summed E-state index contributed by atoms with van der Waals surface area (Å²) in [7, 11) is 0. The molecule has 1 unspecified atom stereocenters. The predicted molar refractivity (Wildman–Crippen MR) is 77.4 cm³/mol. The summed E-state index contributed by atoms with van der Waals surface area (Å²) >= 11 is 0.832. The van der Waals surface area contributed by atoms with Crippen molar-refractivity contribution in [1.82, 2.24) is 15.6 Å². The predicted octanol–water partition coefficient (Wildman–Crippen LogP) is 2.76. The van der Waals surface area contributed by atoms with Crippen molar-refractivity contribution in [3.05, 3.63) is 16.1 Å². The molecular weight excluding hydrogens is 319 g/mol. The highest BCUT2D eigenvalue weighted by Crippen LogP contribution is 2.29. The molecular formula is C13H20F3N3O2S. The fourth-order valence-corrected chi connectivity index (χ4v) is 2.68. The number of nitrogens with one attached hydrogen (secondary N) is 2. The van der Waals surface area contributed by atoms with Crippen LogP contribution in [0.2, 0.25) is 0 Å². The number of alkyl halides is 3. The van der Waals surface area contributed by atoms with Gasteiger partial charge in [0.15, 0.2) is 5.69 Å². The van der Waals surface area contributed by atoms with E-state index in [4.69, 9.17) is 0 Å². The lowest BCUT2D eigenvalue weighted by Crippen LogP contribution is -2.41. The second-order valence-corrected chi connectivity index (χ2v) is 5.77. The Morgan fingerprint density at radius 1 is 1.36 bits per heavy atom. The number of hydrogen-bond acceptors (Lipinski definition) is 4. The van der Waals surface area contributed by atoms with E-state index in [1.165, 1.54) is 0 Å². The fourth-order valence-electron chi connectivity index (χ4n) is 1.94. The molecule has 1 rings (SSSR count). The third kappa shape index (κ3) is 5.80. The minimum Gasteiger partial charge on any atom is -0.391 e. The van der Waals surface area contributed by atoms with Crippen molar-refractivity contribution in [3.8, 4) is 0 Å². The molecule has 5 nitrogen and oxygen atoms in total. The number of aliphatic hydroxyl groups excluding tert-OH is 1. The van der Waals surface area contributed by atoms with Gasteiger partial charge in [-0.05, 0) is 5.92 Å². The first-order valence-electron chi connectivity index (χ1n) is 6.99. The number of hydrogen-bond donors (Lipinski definition) is 3. The van der Waals surface area contributed by atoms with E-state index in [1.807, 2.05) is 13.8 Å². The highest BCUT2D eigenvalue weighted by molar-refractivity contribution is 7.09. The van der Waals surface area contributed by atoms with Gasteiger partial charge in [-0.2, -0.15) is 13.2 Å². The van der Waals surface area contributed by atoms with E-state index in [2.05, 4.69) is 15.6 Å². The van der Waals surface area contributed by atoms with Crippen LogP contribution in [0.3, 0.4) is 0 Å². The van der Waals surface area contributed by atoms with Gasteiger partial charge in [-0.1, -0.05) is 26.7 Å². The van der Waals surface area contributed by atoms with Gasteiger partial charge >= 0.3 is 12.2 Å². The maximum atomic E-state index is 12.4. The average Bonchev–Trinajstić information content (AvgIpc) is 2.93. The molecule has 0 aliphatic heterocycles. The van der Waals surface area contributed by atoms with E-state index in [0.29, 0.717) is 0 Å². The normalized spacial score (nSPS) is 13.2. The van der Waals surface area contributed by atoms with E-state index in [9.17, 15) is 23.1 Å². The Morgan fingerprint density at radius 3 is 2.50 bits per heavy atom. The number of aliphatic hydroxyl groups is 1. The van der Waals surface area contributed by atoms with Crippen LogP contribution >= 0.6 is 11.3 Å². The van der Waals surface area contributed by atoms with Crippen molar-refractivity contribution in [2.45, 2.75) is 45.5 Å². The minimum atomic E-state index is -4.48. The van der Waals surface area contributed by atoms with Gasteiger partial charge in [0.2, 0.25) is 0 Å². The van der Waals surface area contributed by atoms with Crippen LogP contribution in [-0.2, 0) is 12.7 Å². The van der Waals surface area contributed by atoms with Crippen molar-refractivity contribution in [3.63, 3.8) is 0 Å². The molecule has 0 bridgehead atoms. The first-order chi connectivity index (χ1) is 10.3. The fraction of sp³-hybridized carbons (Fsp3) is 0.692. The van der Waals surface area contributed by atoms with Crippen molar-refractivity contribution in [2.24, 2.45) is 5.92 Å². The number of nitrogens with zero attached hydrogens (tertiary/aromatic N) is 1. The molecule has 0 aliphatic carbocycles. The van der Waals surface area contributed by atoms with Gasteiger partial charge in [-0.15, -0.1) is 11.3 Å². The summed E-state index contributed by atoms with van der Waals surface area (Å²) in [6, 6.07) is -0.547. The van der Waals surface area contributed by atoms with Crippen molar-refractivity contribution >= 4 is 17.4 Å². The second-order valence-electron chi connectivity index (χ2n) is 4.83. The van der Waals surface area contributed by atoms with Crippen molar-refractivity contribution in [1.29, 1.82) is 0 Å². The maximum absolute atomic E-state index is 12.4. The Labute approximate surface area is 130 Å². The minimum absolute atomic E-state index is 0.0896. The molecule has 9 heteroatoms. The first kappa shape index (κ1) is 18.7. The lowest BCUT2D eigenvalue weighted by Gasteiger charge is -2.20. The number of rotatable bonds is 7. The molecule has 126 valence electrons. The third-order valence-electron chi connectivity index (χ3n) is 3.31. The van der Waals surface area contributed by atoms with Gasteiger partial charge in [0, 0.05) is 11.9 Å². The van der Waals surface area contributed by atoms with Crippen LogP contribution in [0.4, 0.5) is 18.0 Å². The number of aromatic nitrogens is 1. The van der Waals surface area contributed by atoms with Crippen molar-refractivity contribution < 1.29 is 23.1 Å². The van der Waals surface area contributed by atoms with E-state index >= 15 is 0 Å². The smallest absolute Gasteiger partial charge is 0.391 e. The molecule has 1 heterocycles. The summed E-state index contributed by atoms with van der Waals surface area (Å²) < 4.78 is 37.1. The second kappa shape index (κ2) is 8.33. The van der Waals surface area contributed by atoms with Gasteiger partial charge in [-0.25, -0.2) is 9.78 Å². The molecule has 0 fully saturated rings. The summed E-state index contributed by atoms with van der Waals surface area (Å²) in [5.41, 5.74) is -0.959. The Bertz CT molecular complexity index is 475. The number of carbonyl (C=O) groups is 1. The summed E-state index contributed by atoms with van der Waals surface area (Å²) in [4.78, 5) is 15.0. The standard InChI is InChI=1S/C13H20F3N3O2S/c1-3-8(4-2)9(20)5-17-12(21)18-6-11-19-10(7-22-11)13(14,15)16/h7-9,20H,3-6H2,1-2H3,(H2,17,18,21). The molecule has 0 radical (unpaired) electrons. The zero-order valence-electron chi connectivity index (χ0n) is 12.4. The summed E-state index contributed by atoms with van der Waals surface area (Å²) in [5.74, 6) is 0.105. The Kier molecular flexibility index (Phi) is 7.08. The Hall–Kier alpha value is -1.35. The van der Waals surface area contributed by atoms with E-state index in [-0.39, 0.29) is 24.0 Å². The number of carbonyl (C=O) groups excluding carboxylic acids is 1. The number of halogens is 3. The van der Waals surface area contributed by atoms with Gasteiger partial charge in [0.1, 0.15) is 5.01 Å². The maximum Gasteiger partial charge on any atom is 0.434 e. The number of amides is 2. The molecule has 0 saturated heterocycles. The van der Waals surface area contributed by atoms with Gasteiger partial charge in [-0.3, -0.25) is 0 Å². The third-order valence-corrected chi connectivity index (χ3v) is 4.16. The molecule has 0 aromatic carbocycles. The molecule has 1 aromatic rings. The highest BCUT2D eigenvalue weighted by Gasteiger charge is 2.33. The molecule has 0 saturated carbocycles. The lowest BCUT2D eigenvalue weighted by molar-refractivity contribution is -0.140. The van der Waals surface area contributed by atoms with E-state index in [0.717, 1.165) is 29.6 Å². The SMILES string of the molecule is CCC(CC)C(O)CNC(=O)NCc1nc(C(F)(F)F)cs1. The topological polar surface area (TPSA) is 74.2 Å². The number of thiazole rings is 1. The van der Waals surface area contributed by atoms with Gasteiger partial charge in [0.05, 0.1) is 12.6 Å². The monoisotopic (exact) mass is 339 g/mol. The summed E-state index contributed by atoms with van der Waals surface area (Å²) in [5, 5.41) is 15.8. The molecule has 2 amide bonds.